The van der Waals surface area contributed by atoms with Crippen molar-refractivity contribution in [3.63, 3.8) is 0 Å². The second-order valence-corrected chi connectivity index (χ2v) is 7.47. The Morgan fingerprint density at radius 3 is 2.31 bits per heavy atom. The molecule has 142 valence electrons. The molecule has 4 nitrogen and oxygen atoms in total. The van der Waals surface area contributed by atoms with E-state index >= 15 is 0 Å². The largest absolute Gasteiger partial charge is 0.381 e. The van der Waals surface area contributed by atoms with Gasteiger partial charge in [0.05, 0.1) is 17.3 Å². The van der Waals surface area contributed by atoms with Crippen LogP contribution in [0.4, 0.5) is 0 Å². The standard InChI is InChI=1S/C25H21N3O/c26-15-22-16-27-28-17-21(9-10-25(22)28)24-4-2-1-3-23(24)20-7-5-18(6-8-20)19-11-13-29-14-12-19/h1-10,16-17,19H,11-14H2. The SMILES string of the molecule is N#Cc1cnn2cc(-c3ccccc3-c3ccc(C4CCOCC4)cc3)ccc12. The number of hydrogen-bond acceptors (Lipinski definition) is 3. The summed E-state index contributed by atoms with van der Waals surface area (Å²) in [5.74, 6) is 0.601. The Kier molecular flexibility index (Phi) is 4.59. The number of ether oxygens (including phenoxy) is 1. The minimum Gasteiger partial charge on any atom is -0.381 e. The van der Waals surface area contributed by atoms with Crippen molar-refractivity contribution < 1.29 is 4.74 Å². The molecule has 0 aliphatic carbocycles. The molecular weight excluding hydrogens is 358 g/mol. The van der Waals surface area contributed by atoms with Crippen LogP contribution in [0.25, 0.3) is 27.8 Å². The molecule has 0 N–H and O–H groups in total. The molecule has 4 heteroatoms. The normalized spacial score (nSPS) is 14.7. The lowest BCUT2D eigenvalue weighted by Crippen LogP contribution is -2.13. The fourth-order valence-electron chi connectivity index (χ4n) is 4.18. The van der Waals surface area contributed by atoms with E-state index in [-0.39, 0.29) is 0 Å². The third-order valence-electron chi connectivity index (χ3n) is 5.79. The zero-order valence-corrected chi connectivity index (χ0v) is 16.1. The molecule has 0 radical (unpaired) electrons. The van der Waals surface area contributed by atoms with Gasteiger partial charge in [-0.1, -0.05) is 54.6 Å². The fourth-order valence-corrected chi connectivity index (χ4v) is 4.18. The number of nitrogens with zero attached hydrogens (tertiary/aromatic N) is 3. The van der Waals surface area contributed by atoms with Gasteiger partial charge in [-0.25, -0.2) is 4.52 Å². The van der Waals surface area contributed by atoms with Crippen molar-refractivity contribution in [3.05, 3.63) is 84.2 Å². The minimum atomic E-state index is 0.591. The zero-order valence-electron chi connectivity index (χ0n) is 16.1. The maximum Gasteiger partial charge on any atom is 0.103 e. The summed E-state index contributed by atoms with van der Waals surface area (Å²) in [7, 11) is 0. The molecule has 4 aromatic rings. The van der Waals surface area contributed by atoms with Crippen molar-refractivity contribution in [3.8, 4) is 28.3 Å². The lowest BCUT2D eigenvalue weighted by Gasteiger charge is -2.22. The molecule has 1 saturated heterocycles. The smallest absolute Gasteiger partial charge is 0.103 e. The second-order valence-electron chi connectivity index (χ2n) is 7.47. The molecule has 3 heterocycles. The highest BCUT2D eigenvalue weighted by Gasteiger charge is 2.16. The average Bonchev–Trinajstić information content (AvgIpc) is 3.22. The van der Waals surface area contributed by atoms with Crippen LogP contribution in [0.1, 0.15) is 29.9 Å². The highest BCUT2D eigenvalue weighted by Crippen LogP contribution is 2.34. The molecule has 2 aromatic carbocycles. The first kappa shape index (κ1) is 17.7. The summed E-state index contributed by atoms with van der Waals surface area (Å²) in [6.45, 7) is 1.72. The quantitative estimate of drug-likeness (QED) is 0.477. The molecule has 1 fully saturated rings. The Bertz CT molecular complexity index is 1190. The van der Waals surface area contributed by atoms with Gasteiger partial charge in [-0.3, -0.25) is 0 Å². The van der Waals surface area contributed by atoms with Crippen LogP contribution in [0.3, 0.4) is 0 Å². The molecule has 2 aromatic heterocycles. The fraction of sp³-hybridized carbons (Fsp3) is 0.200. The third-order valence-corrected chi connectivity index (χ3v) is 5.79. The van der Waals surface area contributed by atoms with Gasteiger partial charge in [0.25, 0.3) is 0 Å². The van der Waals surface area contributed by atoms with Gasteiger partial charge >= 0.3 is 0 Å². The van der Waals surface area contributed by atoms with Crippen molar-refractivity contribution in [2.45, 2.75) is 18.8 Å². The highest BCUT2D eigenvalue weighted by atomic mass is 16.5. The van der Waals surface area contributed by atoms with Crippen LogP contribution in [0, 0.1) is 11.3 Å². The van der Waals surface area contributed by atoms with E-state index in [0.29, 0.717) is 11.5 Å². The maximum atomic E-state index is 9.21. The van der Waals surface area contributed by atoms with Gasteiger partial charge in [0.1, 0.15) is 6.07 Å². The van der Waals surface area contributed by atoms with Crippen molar-refractivity contribution in [1.82, 2.24) is 9.61 Å². The molecule has 0 atom stereocenters. The Labute approximate surface area is 170 Å². The number of benzene rings is 2. The minimum absolute atomic E-state index is 0.591. The van der Waals surface area contributed by atoms with Gasteiger partial charge in [0, 0.05) is 25.0 Å². The number of nitriles is 1. The molecule has 5 rings (SSSR count). The first-order chi connectivity index (χ1) is 14.3. The third kappa shape index (κ3) is 3.30. The summed E-state index contributed by atoms with van der Waals surface area (Å²) < 4.78 is 7.27. The van der Waals surface area contributed by atoms with E-state index < -0.39 is 0 Å². The number of fused-ring (bicyclic) bond motifs is 1. The van der Waals surface area contributed by atoms with E-state index in [1.807, 2.05) is 12.3 Å². The van der Waals surface area contributed by atoms with Gasteiger partial charge < -0.3 is 4.74 Å². The van der Waals surface area contributed by atoms with Crippen LogP contribution in [-0.4, -0.2) is 22.8 Å². The van der Waals surface area contributed by atoms with E-state index in [4.69, 9.17) is 4.74 Å². The lowest BCUT2D eigenvalue weighted by molar-refractivity contribution is 0.0853. The molecule has 0 saturated carbocycles. The number of aromatic nitrogens is 2. The Balaban J connectivity index is 1.52. The van der Waals surface area contributed by atoms with E-state index in [1.54, 1.807) is 10.7 Å². The molecule has 1 aliphatic heterocycles. The predicted molar refractivity (Wildman–Crippen MR) is 114 cm³/mol. The second kappa shape index (κ2) is 7.54. The first-order valence-electron chi connectivity index (χ1n) is 9.98. The highest BCUT2D eigenvalue weighted by molar-refractivity contribution is 5.84. The monoisotopic (exact) mass is 379 g/mol. The average molecular weight is 379 g/mol. The van der Waals surface area contributed by atoms with Crippen molar-refractivity contribution >= 4 is 5.52 Å². The van der Waals surface area contributed by atoms with Crippen molar-refractivity contribution in [2.24, 2.45) is 0 Å². The zero-order chi connectivity index (χ0) is 19.6. The van der Waals surface area contributed by atoms with Gasteiger partial charge in [-0.05, 0) is 47.1 Å². The molecule has 29 heavy (non-hydrogen) atoms. The first-order valence-corrected chi connectivity index (χ1v) is 9.98. The Morgan fingerprint density at radius 2 is 1.59 bits per heavy atom. The Hall–Kier alpha value is -3.42. The van der Waals surface area contributed by atoms with Crippen LogP contribution < -0.4 is 0 Å². The van der Waals surface area contributed by atoms with Crippen LogP contribution in [0.15, 0.2) is 73.1 Å². The number of pyridine rings is 1. The van der Waals surface area contributed by atoms with Gasteiger partial charge in [0.15, 0.2) is 0 Å². The maximum absolute atomic E-state index is 9.21. The number of hydrogen-bond donors (Lipinski definition) is 0. The summed E-state index contributed by atoms with van der Waals surface area (Å²) in [4.78, 5) is 0. The molecular formula is C25H21N3O. The van der Waals surface area contributed by atoms with E-state index in [2.05, 4.69) is 65.8 Å². The van der Waals surface area contributed by atoms with Crippen LogP contribution in [0.5, 0.6) is 0 Å². The summed E-state index contributed by atoms with van der Waals surface area (Å²) in [6.07, 6.45) is 5.81. The molecule has 0 bridgehead atoms. The van der Waals surface area contributed by atoms with E-state index in [9.17, 15) is 5.26 Å². The lowest BCUT2D eigenvalue weighted by atomic mass is 9.89. The molecule has 0 spiro atoms. The van der Waals surface area contributed by atoms with Gasteiger partial charge in [-0.15, -0.1) is 0 Å². The molecule has 1 aliphatic rings. The van der Waals surface area contributed by atoms with Crippen LogP contribution in [-0.2, 0) is 4.74 Å². The van der Waals surface area contributed by atoms with Crippen LogP contribution >= 0.6 is 0 Å². The van der Waals surface area contributed by atoms with E-state index in [1.165, 1.54) is 16.7 Å². The summed E-state index contributed by atoms with van der Waals surface area (Å²) >= 11 is 0. The van der Waals surface area contributed by atoms with Gasteiger partial charge in [-0.2, -0.15) is 10.4 Å². The van der Waals surface area contributed by atoms with Crippen molar-refractivity contribution in [1.29, 1.82) is 5.26 Å². The molecule has 0 unspecified atom stereocenters. The summed E-state index contributed by atoms with van der Waals surface area (Å²) in [5, 5.41) is 13.5. The van der Waals surface area contributed by atoms with Gasteiger partial charge in [0.2, 0.25) is 0 Å². The topological polar surface area (TPSA) is 50.3 Å². The Morgan fingerprint density at radius 1 is 0.897 bits per heavy atom. The van der Waals surface area contributed by atoms with E-state index in [0.717, 1.165) is 42.7 Å². The predicted octanol–water partition coefficient (Wildman–Crippen LogP) is 5.43. The number of rotatable bonds is 3. The summed E-state index contributed by atoms with van der Waals surface area (Å²) in [5.41, 5.74) is 7.45. The summed E-state index contributed by atoms with van der Waals surface area (Å²) in [6, 6.07) is 23.6. The van der Waals surface area contributed by atoms with Crippen LogP contribution in [0.2, 0.25) is 0 Å². The van der Waals surface area contributed by atoms with Crippen molar-refractivity contribution in [2.75, 3.05) is 13.2 Å². The molecule has 0 amide bonds.